The van der Waals surface area contributed by atoms with Gasteiger partial charge in [-0.25, -0.2) is 4.39 Å². The third kappa shape index (κ3) is 5.90. The van der Waals surface area contributed by atoms with Gasteiger partial charge >= 0.3 is 0 Å². The Hall–Kier alpha value is -1.17. The Kier molecular flexibility index (Phi) is 9.00. The lowest BCUT2D eigenvalue weighted by molar-refractivity contribution is -0.0447. The van der Waals surface area contributed by atoms with Crippen molar-refractivity contribution < 1.29 is 23.3 Å². The fourth-order valence-electron chi connectivity index (χ4n) is 3.28. The fraction of sp³-hybridized carbons (Fsp3) is 0.611. The molecule has 1 atom stereocenters. The topological polar surface area (TPSA) is 64.6 Å². The van der Waals surface area contributed by atoms with Crippen LogP contribution in [0.1, 0.15) is 11.1 Å². The number of morpholine rings is 1. The number of ether oxygens (including phenoxy) is 4. The number of methoxy groups -OCH3 is 1. The van der Waals surface area contributed by atoms with Crippen molar-refractivity contribution in [2.24, 2.45) is 4.99 Å². The SMILES string of the molecule is CN=C(NCCc1cc(F)cc2c1OCOC2)N1CCOC(COC)C1.I. The Morgan fingerprint density at radius 1 is 1.44 bits per heavy atom. The number of halogens is 2. The molecule has 0 amide bonds. The summed E-state index contributed by atoms with van der Waals surface area (Å²) in [6.07, 6.45) is 0.668. The highest BCUT2D eigenvalue weighted by molar-refractivity contribution is 14.0. The molecule has 3 rings (SSSR count). The number of hydrogen-bond donors (Lipinski definition) is 1. The van der Waals surface area contributed by atoms with E-state index in [1.165, 1.54) is 12.1 Å². The molecule has 2 heterocycles. The van der Waals surface area contributed by atoms with Crippen molar-refractivity contribution in [3.63, 3.8) is 0 Å². The van der Waals surface area contributed by atoms with E-state index in [2.05, 4.69) is 15.2 Å². The third-order valence-corrected chi connectivity index (χ3v) is 4.43. The molecule has 0 saturated carbocycles. The molecule has 1 N–H and O–H groups in total. The maximum absolute atomic E-state index is 13.8. The van der Waals surface area contributed by atoms with E-state index in [1.807, 2.05) is 0 Å². The average Bonchev–Trinajstić information content (AvgIpc) is 2.65. The monoisotopic (exact) mass is 495 g/mol. The van der Waals surface area contributed by atoms with Gasteiger partial charge in [0.25, 0.3) is 0 Å². The van der Waals surface area contributed by atoms with E-state index in [1.54, 1.807) is 14.2 Å². The lowest BCUT2D eigenvalue weighted by atomic mass is 10.1. The normalized spacial score (nSPS) is 19.7. The van der Waals surface area contributed by atoms with Gasteiger partial charge in [0.15, 0.2) is 12.8 Å². The van der Waals surface area contributed by atoms with Gasteiger partial charge in [0.2, 0.25) is 0 Å². The van der Waals surface area contributed by atoms with Crippen LogP contribution in [0.25, 0.3) is 0 Å². The largest absolute Gasteiger partial charge is 0.467 e. The van der Waals surface area contributed by atoms with Crippen molar-refractivity contribution in [2.75, 3.05) is 53.8 Å². The van der Waals surface area contributed by atoms with Crippen LogP contribution in [0.15, 0.2) is 17.1 Å². The van der Waals surface area contributed by atoms with Gasteiger partial charge in [-0.1, -0.05) is 0 Å². The van der Waals surface area contributed by atoms with Crippen LogP contribution < -0.4 is 10.1 Å². The summed E-state index contributed by atoms with van der Waals surface area (Å²) in [6.45, 7) is 3.90. The Bertz CT molecular complexity index is 645. The zero-order chi connectivity index (χ0) is 18.4. The van der Waals surface area contributed by atoms with Gasteiger partial charge in [-0.3, -0.25) is 4.99 Å². The first-order chi connectivity index (χ1) is 12.7. The lowest BCUT2D eigenvalue weighted by Crippen LogP contribution is -2.51. The second-order valence-electron chi connectivity index (χ2n) is 6.28. The van der Waals surface area contributed by atoms with Crippen LogP contribution in [0, 0.1) is 5.82 Å². The van der Waals surface area contributed by atoms with E-state index in [9.17, 15) is 4.39 Å². The van der Waals surface area contributed by atoms with Crippen molar-refractivity contribution in [3.05, 3.63) is 29.1 Å². The molecule has 27 heavy (non-hydrogen) atoms. The van der Waals surface area contributed by atoms with Gasteiger partial charge in [-0.15, -0.1) is 24.0 Å². The maximum Gasteiger partial charge on any atom is 0.193 e. The second-order valence-corrected chi connectivity index (χ2v) is 6.28. The van der Waals surface area contributed by atoms with Crippen LogP contribution in [-0.2, 0) is 27.2 Å². The predicted molar refractivity (Wildman–Crippen MR) is 110 cm³/mol. The van der Waals surface area contributed by atoms with Crippen molar-refractivity contribution in [1.29, 1.82) is 0 Å². The number of hydrogen-bond acceptors (Lipinski definition) is 5. The molecule has 1 aromatic rings. The predicted octanol–water partition coefficient (Wildman–Crippen LogP) is 1.78. The number of benzene rings is 1. The zero-order valence-electron chi connectivity index (χ0n) is 15.7. The number of guanidine groups is 1. The minimum atomic E-state index is -0.271. The highest BCUT2D eigenvalue weighted by Crippen LogP contribution is 2.29. The average molecular weight is 495 g/mol. The van der Waals surface area contributed by atoms with E-state index >= 15 is 0 Å². The summed E-state index contributed by atoms with van der Waals surface area (Å²) in [5.74, 6) is 1.28. The number of nitrogens with zero attached hydrogens (tertiary/aromatic N) is 2. The summed E-state index contributed by atoms with van der Waals surface area (Å²) in [5.41, 5.74) is 1.59. The van der Waals surface area contributed by atoms with Crippen LogP contribution in [0.4, 0.5) is 4.39 Å². The van der Waals surface area contributed by atoms with Crippen molar-refractivity contribution >= 4 is 29.9 Å². The van der Waals surface area contributed by atoms with Crippen LogP contribution in [-0.4, -0.2) is 70.8 Å². The molecule has 2 aliphatic rings. The van der Waals surface area contributed by atoms with E-state index in [0.29, 0.717) is 32.8 Å². The molecule has 0 bridgehead atoms. The molecule has 9 heteroatoms. The van der Waals surface area contributed by atoms with E-state index < -0.39 is 0 Å². The van der Waals surface area contributed by atoms with Gasteiger partial charge in [0.05, 0.1) is 25.9 Å². The highest BCUT2D eigenvalue weighted by atomic mass is 127. The molecule has 1 unspecified atom stereocenters. The van der Waals surface area contributed by atoms with Crippen molar-refractivity contribution in [1.82, 2.24) is 10.2 Å². The minimum Gasteiger partial charge on any atom is -0.467 e. The smallest absolute Gasteiger partial charge is 0.193 e. The first-order valence-electron chi connectivity index (χ1n) is 8.79. The van der Waals surface area contributed by atoms with Gasteiger partial charge in [0.1, 0.15) is 11.6 Å². The molecule has 0 aliphatic carbocycles. The van der Waals surface area contributed by atoms with Crippen molar-refractivity contribution in [2.45, 2.75) is 19.1 Å². The highest BCUT2D eigenvalue weighted by Gasteiger charge is 2.23. The molecule has 0 aromatic heterocycles. The Balaban J connectivity index is 0.00000261. The number of rotatable bonds is 5. The Morgan fingerprint density at radius 3 is 3.07 bits per heavy atom. The Morgan fingerprint density at radius 2 is 2.30 bits per heavy atom. The fourth-order valence-corrected chi connectivity index (χ4v) is 3.28. The first-order valence-corrected chi connectivity index (χ1v) is 8.79. The maximum atomic E-state index is 13.8. The van der Waals surface area contributed by atoms with E-state index in [4.69, 9.17) is 18.9 Å². The second kappa shape index (κ2) is 11.0. The molecule has 1 aromatic carbocycles. The molecule has 152 valence electrons. The summed E-state index contributed by atoms with van der Waals surface area (Å²) in [6, 6.07) is 2.99. The zero-order valence-corrected chi connectivity index (χ0v) is 18.0. The van der Waals surface area contributed by atoms with Gasteiger partial charge < -0.3 is 29.2 Å². The molecular weight excluding hydrogens is 468 g/mol. The minimum absolute atomic E-state index is 0. The molecular formula is C18H27FIN3O4. The summed E-state index contributed by atoms with van der Waals surface area (Å²) in [5, 5.41) is 3.35. The van der Waals surface area contributed by atoms with Crippen LogP contribution in [0.2, 0.25) is 0 Å². The summed E-state index contributed by atoms with van der Waals surface area (Å²) >= 11 is 0. The number of nitrogens with one attached hydrogen (secondary N) is 1. The van der Waals surface area contributed by atoms with Crippen LogP contribution in [0.3, 0.4) is 0 Å². The third-order valence-electron chi connectivity index (χ3n) is 4.43. The quantitative estimate of drug-likeness (QED) is 0.382. The summed E-state index contributed by atoms with van der Waals surface area (Å²) in [7, 11) is 3.43. The van der Waals surface area contributed by atoms with Gasteiger partial charge in [-0.2, -0.15) is 0 Å². The number of fused-ring (bicyclic) bond motifs is 1. The molecule has 0 spiro atoms. The first kappa shape index (κ1) is 22.1. The molecule has 1 fully saturated rings. The van der Waals surface area contributed by atoms with E-state index in [0.717, 1.165) is 35.9 Å². The van der Waals surface area contributed by atoms with Gasteiger partial charge in [0, 0.05) is 39.4 Å². The van der Waals surface area contributed by atoms with Gasteiger partial charge in [-0.05, 0) is 24.1 Å². The molecule has 2 aliphatic heterocycles. The summed E-state index contributed by atoms with van der Waals surface area (Å²) < 4.78 is 35.5. The van der Waals surface area contributed by atoms with Crippen molar-refractivity contribution in [3.8, 4) is 5.75 Å². The number of aliphatic imine (C=N–C) groups is 1. The Labute approximate surface area is 176 Å². The standard InChI is InChI=1S/C18H26FN3O4.HI/c1-20-18(22-5-6-25-16(9-22)11-23-2)21-4-3-13-7-15(19)8-14-10-24-12-26-17(13)14;/h7-8,16H,3-6,9-12H2,1-2H3,(H,20,21);1H. The summed E-state index contributed by atoms with van der Waals surface area (Å²) in [4.78, 5) is 6.50. The lowest BCUT2D eigenvalue weighted by Gasteiger charge is -2.34. The van der Waals surface area contributed by atoms with Crippen LogP contribution >= 0.6 is 24.0 Å². The van der Waals surface area contributed by atoms with Crippen LogP contribution in [0.5, 0.6) is 5.75 Å². The molecule has 0 radical (unpaired) electrons. The molecule has 1 saturated heterocycles. The van der Waals surface area contributed by atoms with E-state index in [-0.39, 0.29) is 42.7 Å². The molecule has 7 nitrogen and oxygen atoms in total.